The summed E-state index contributed by atoms with van der Waals surface area (Å²) >= 11 is 0. The van der Waals surface area contributed by atoms with Gasteiger partial charge in [0.2, 0.25) is 49.2 Å². The minimum Gasteiger partial charge on any atom is -0.508 e. The number of ether oxygens (including phenoxy) is 5. The van der Waals surface area contributed by atoms with Gasteiger partial charge in [0, 0.05) is 150 Å². The summed E-state index contributed by atoms with van der Waals surface area (Å²) in [6.07, 6.45) is 0. The van der Waals surface area contributed by atoms with E-state index in [1.165, 1.54) is 174 Å². The summed E-state index contributed by atoms with van der Waals surface area (Å²) in [4.78, 5) is 50.4. The zero-order chi connectivity index (χ0) is 92.5. The van der Waals surface area contributed by atoms with Gasteiger partial charge >= 0.3 is 0 Å². The molecule has 0 spiro atoms. The molecule has 0 saturated heterocycles. The number of carbonyl (C=O) groups is 4. The second kappa shape index (κ2) is 50.3. The Labute approximate surface area is 845 Å². The van der Waals surface area contributed by atoms with E-state index >= 15 is 0 Å². The van der Waals surface area contributed by atoms with Crippen molar-refractivity contribution in [1.82, 2.24) is 0 Å². The molecule has 0 bridgehead atoms. The molecule has 133 heavy (non-hydrogen) atoms. The monoisotopic (exact) mass is 2740 g/mol. The average Bonchev–Trinajstić information content (AvgIpc) is 0.749. The number of sulfone groups is 5. The number of carbonyl (C=O) groups excluding carboxylic acids is 4. The number of benzene rings is 14. The Balaban J connectivity index is 0.000000355. The van der Waals surface area contributed by atoms with Gasteiger partial charge in [0.25, 0.3) is 0 Å². The van der Waals surface area contributed by atoms with Crippen molar-refractivity contribution in [3.05, 3.63) is 382 Å². The van der Waals surface area contributed by atoms with Crippen molar-refractivity contribution in [2.24, 2.45) is 0 Å². The molecule has 690 valence electrons. The van der Waals surface area contributed by atoms with E-state index in [-0.39, 0.29) is 216 Å². The maximum Gasteiger partial charge on any atom is 0.206 e. The molecule has 0 fully saturated rings. The number of rotatable bonds is 23. The van der Waals surface area contributed by atoms with Gasteiger partial charge in [-0.15, -0.1) is 0 Å². The molecule has 0 aromatic heterocycles. The summed E-state index contributed by atoms with van der Waals surface area (Å²) in [5, 5.41) is 47.3. The third kappa shape index (κ3) is 29.5. The molecule has 14 aromatic carbocycles. The van der Waals surface area contributed by atoms with Crippen LogP contribution in [0.2, 0.25) is 0 Å². The summed E-state index contributed by atoms with van der Waals surface area (Å²) in [5.74, 6) is 1.67. The molecule has 0 atom stereocenters. The Morgan fingerprint density at radius 3 is 0.669 bits per heavy atom. The second-order valence-corrected chi connectivity index (χ2v) is 38.3. The van der Waals surface area contributed by atoms with Crippen molar-refractivity contribution in [1.29, 1.82) is 0 Å². The maximum atomic E-state index is 13.5. The molecule has 24 nitrogen and oxygen atoms in total. The molecule has 14 aromatic rings. The molecule has 0 aliphatic carbocycles. The van der Waals surface area contributed by atoms with E-state index in [9.17, 15) is 86.8 Å². The van der Waals surface area contributed by atoms with Crippen LogP contribution >= 0.6 is 0 Å². The third-order valence-electron chi connectivity index (χ3n) is 19.3. The summed E-state index contributed by atoms with van der Waals surface area (Å²) in [5.41, 5.74) is 7.10. The zero-order valence-electron chi connectivity index (χ0n) is 72.0. The first kappa shape index (κ1) is 114. The number of aromatic hydroxyl groups is 5. The predicted octanol–water partition coefficient (Wildman–Crippen LogP) is 18.3. The predicted molar refractivity (Wildman–Crippen MR) is 483 cm³/mol. The number of ketones is 4. The van der Waals surface area contributed by atoms with Crippen LogP contribution in [0, 0.1) is 34.6 Å². The van der Waals surface area contributed by atoms with Crippen LogP contribution in [0.15, 0.2) is 358 Å². The Bertz CT molecular complexity index is 6790. The fourth-order valence-electron chi connectivity index (χ4n) is 12.4. The molecule has 0 aliphatic rings. The molecular formula is C99H90O24S5W5. The van der Waals surface area contributed by atoms with Crippen LogP contribution < -0.4 is 23.7 Å². The van der Waals surface area contributed by atoms with Crippen molar-refractivity contribution < 1.29 is 216 Å². The molecule has 0 amide bonds. The fraction of sp³-hybridized carbons (Fsp3) is 0.111. The smallest absolute Gasteiger partial charge is 0.206 e. The van der Waals surface area contributed by atoms with Crippen LogP contribution in [0.4, 0.5) is 0 Å². The summed E-state index contributed by atoms with van der Waals surface area (Å²) in [7, 11) is -12.7. The molecule has 0 aliphatic heterocycles. The van der Waals surface area contributed by atoms with Crippen molar-refractivity contribution in [2.75, 3.05) is 35.5 Å². The van der Waals surface area contributed by atoms with Gasteiger partial charge in [-0.2, -0.15) is 0 Å². The zero-order valence-corrected chi connectivity index (χ0v) is 90.8. The van der Waals surface area contributed by atoms with E-state index in [1.54, 1.807) is 137 Å². The topological polar surface area (TPSA) is 386 Å². The van der Waals surface area contributed by atoms with E-state index in [1.807, 2.05) is 26.0 Å². The summed E-state index contributed by atoms with van der Waals surface area (Å²) in [6, 6.07) is 75.2. The Morgan fingerprint density at radius 2 is 0.391 bits per heavy atom. The third-order valence-corrected chi connectivity index (χ3v) is 28.0. The number of hydrogen-bond donors (Lipinski definition) is 5. The molecule has 14 rings (SSSR count). The Morgan fingerprint density at radius 1 is 0.188 bits per heavy atom. The van der Waals surface area contributed by atoms with Crippen molar-refractivity contribution >= 4 is 72.3 Å². The van der Waals surface area contributed by atoms with E-state index in [0.29, 0.717) is 62.1 Å². The van der Waals surface area contributed by atoms with Gasteiger partial charge in [0.05, 0.1) is 84.5 Å². The molecule has 0 saturated carbocycles. The minimum absolute atomic E-state index is 0. The van der Waals surface area contributed by atoms with Crippen LogP contribution in [-0.2, 0) is 155 Å². The maximum absolute atomic E-state index is 13.5. The standard InChI is InChI=1S/C29H22O5.C26H22O8S3.C15H14O3.2C14H14O4S.CH4.5W/c1-18-3-5-19(6-4-18)27(31)22-15-23(28(32)20-7-11-25(30)12-8-20)17-24(16-22)29(33)21-9-13-26(34-2)14-10-21;1-18-3-9-21(10-4-18)35(28,29)24-15-25(36(30,31)22-11-5-19(27)6-12-22)17-26(16-24)37(32,33)23-13-7-20(34-2)8-14-23;1-10-7-12(9-13(16)8-10)15(17)11-3-5-14(18-2)6-4-11;1-10-7-11(15)9-14(8-10)19(16,17)13-5-3-12(18-2)4-6-13;1-10-7-12(18-2)9-14(8-10)19(16,17)13-5-3-11(15)4-6-13;;;;;;/h3-17,30H,1-2H3;3-17,27H,1-2H3;3-9,16H,1-2H3;2*3-9,15H,1-2H3;1H4;;;;;. The molecule has 0 unspecified atom stereocenters. The fourth-order valence-corrected chi connectivity index (χ4v) is 19.4. The van der Waals surface area contributed by atoms with Crippen molar-refractivity contribution in [3.8, 4) is 57.5 Å². The molecule has 0 heterocycles. The number of aryl methyl sites for hydroxylation is 5. The first-order valence-electron chi connectivity index (χ1n) is 38.3. The summed E-state index contributed by atoms with van der Waals surface area (Å²) < 4.78 is 156. The summed E-state index contributed by atoms with van der Waals surface area (Å²) in [6.45, 7) is 9.08. The van der Waals surface area contributed by atoms with Crippen LogP contribution in [0.1, 0.15) is 98.9 Å². The minimum atomic E-state index is -4.36. The molecule has 5 N–H and O–H groups in total. The first-order valence-corrected chi connectivity index (χ1v) is 45.7. The van der Waals surface area contributed by atoms with Crippen LogP contribution in [0.25, 0.3) is 0 Å². The van der Waals surface area contributed by atoms with Gasteiger partial charge in [-0.3, -0.25) is 19.2 Å². The van der Waals surface area contributed by atoms with Gasteiger partial charge in [0.15, 0.2) is 23.1 Å². The average molecular weight is 2740 g/mol. The van der Waals surface area contributed by atoms with E-state index < -0.39 is 63.9 Å². The van der Waals surface area contributed by atoms with Gasteiger partial charge in [0.1, 0.15) is 57.5 Å². The largest absolute Gasteiger partial charge is 0.508 e. The van der Waals surface area contributed by atoms with Gasteiger partial charge in [-0.05, 0) is 324 Å². The van der Waals surface area contributed by atoms with Crippen molar-refractivity contribution in [3.63, 3.8) is 0 Å². The molecular weight excluding hydrogens is 2650 g/mol. The van der Waals surface area contributed by atoms with Crippen LogP contribution in [0.3, 0.4) is 0 Å². The van der Waals surface area contributed by atoms with E-state index in [0.717, 1.165) is 64.7 Å². The number of hydrogen-bond acceptors (Lipinski definition) is 24. The van der Waals surface area contributed by atoms with E-state index in [4.69, 9.17) is 23.7 Å². The first-order chi connectivity index (χ1) is 60.2. The second-order valence-electron chi connectivity index (χ2n) is 28.5. The van der Waals surface area contributed by atoms with Crippen LogP contribution in [-0.4, -0.2) is 126 Å². The van der Waals surface area contributed by atoms with Crippen molar-refractivity contribution in [2.45, 2.75) is 91.0 Å². The van der Waals surface area contributed by atoms with E-state index in [2.05, 4.69) is 0 Å². The normalized spacial score (nSPS) is 10.7. The Kier molecular flexibility index (Phi) is 43.2. The number of methoxy groups -OCH3 is 5. The SMILES string of the molecule is C.COc1cc(C)cc(S(=O)(=O)c2ccc(O)cc2)c1.COc1ccc(C(=O)c2cc(C(=O)c3ccc(C)cc3)cc(C(=O)c3ccc(O)cc3)c2)cc1.COc1ccc(C(=O)c2cc(C)cc(O)c2)cc1.COc1ccc(S(=O)(=O)c2cc(C)cc(O)c2)cc1.COc1ccc(S(=O)(=O)c2cc(S(=O)(=O)c3ccc(C)cc3)cc(S(=O)(=O)c3ccc(O)cc3)c2)cc1.[W].[W].[W].[W].[W]. The van der Waals surface area contributed by atoms with Crippen LogP contribution in [0.5, 0.6) is 57.5 Å². The van der Waals surface area contributed by atoms with Gasteiger partial charge < -0.3 is 49.2 Å². The van der Waals surface area contributed by atoms with Gasteiger partial charge in [-0.1, -0.05) is 55.0 Å². The molecule has 0 radical (unpaired) electrons. The quantitative estimate of drug-likeness (QED) is 0.0371. The number of phenols is 5. The number of phenolic OH excluding ortho intramolecular Hbond substituents is 5. The van der Waals surface area contributed by atoms with Gasteiger partial charge in [-0.25, -0.2) is 42.1 Å². The Hall–Kier alpha value is -11.0. The molecule has 34 heteroatoms.